The average molecular weight is 320 g/mol. The Kier molecular flexibility index (Phi) is 5.04. The molecule has 3 rings (SSSR count). The Labute approximate surface area is 131 Å². The van der Waals surface area contributed by atoms with Crippen LogP contribution in [-0.2, 0) is 0 Å². The van der Waals surface area contributed by atoms with E-state index in [0.29, 0.717) is 5.92 Å². The maximum atomic E-state index is 15.0. The minimum Gasteiger partial charge on any atom is -0.247 e. The van der Waals surface area contributed by atoms with Crippen LogP contribution in [0.2, 0.25) is 0 Å². The van der Waals surface area contributed by atoms with Gasteiger partial charge >= 0.3 is 0 Å². The molecule has 0 aromatic rings. The SMILES string of the molecule is CCC1CCC2C(CCC(C3CC(F)C(F)C(F)C3)C2F)C1. The number of hydrogen-bond donors (Lipinski definition) is 0. The second-order valence-corrected chi connectivity index (χ2v) is 7.90. The van der Waals surface area contributed by atoms with Gasteiger partial charge in [0.25, 0.3) is 0 Å². The van der Waals surface area contributed by atoms with Crippen LogP contribution in [0.5, 0.6) is 0 Å². The van der Waals surface area contributed by atoms with Crippen molar-refractivity contribution in [1.29, 1.82) is 0 Å². The summed E-state index contributed by atoms with van der Waals surface area (Å²) in [6.45, 7) is 2.20. The minimum absolute atomic E-state index is 0.00163. The van der Waals surface area contributed by atoms with E-state index in [2.05, 4.69) is 6.92 Å². The van der Waals surface area contributed by atoms with Gasteiger partial charge in [0.2, 0.25) is 0 Å². The molecule has 4 heteroatoms. The van der Waals surface area contributed by atoms with Crippen molar-refractivity contribution in [3.8, 4) is 0 Å². The molecule has 22 heavy (non-hydrogen) atoms. The largest absolute Gasteiger partial charge is 0.247 e. The van der Waals surface area contributed by atoms with Gasteiger partial charge in [-0.05, 0) is 68.1 Å². The number of halogens is 4. The van der Waals surface area contributed by atoms with Crippen molar-refractivity contribution in [1.82, 2.24) is 0 Å². The van der Waals surface area contributed by atoms with E-state index in [9.17, 15) is 13.2 Å². The first-order valence-electron chi connectivity index (χ1n) is 9.07. The van der Waals surface area contributed by atoms with Crippen molar-refractivity contribution < 1.29 is 17.6 Å². The summed E-state index contributed by atoms with van der Waals surface area (Å²) < 4.78 is 55.6. The molecule has 3 aliphatic carbocycles. The third-order valence-electron chi connectivity index (χ3n) is 6.77. The van der Waals surface area contributed by atoms with E-state index in [0.717, 1.165) is 44.4 Å². The lowest BCUT2D eigenvalue weighted by Gasteiger charge is -2.47. The fourth-order valence-corrected chi connectivity index (χ4v) is 5.40. The van der Waals surface area contributed by atoms with Gasteiger partial charge in [-0.15, -0.1) is 0 Å². The highest BCUT2D eigenvalue weighted by Crippen LogP contribution is 2.50. The molecule has 0 amide bonds. The predicted molar refractivity (Wildman–Crippen MR) is 79.6 cm³/mol. The maximum Gasteiger partial charge on any atom is 0.162 e. The van der Waals surface area contributed by atoms with Crippen LogP contribution in [-0.4, -0.2) is 24.7 Å². The molecule has 0 nitrogen and oxygen atoms in total. The normalized spacial score (nSPS) is 53.0. The van der Waals surface area contributed by atoms with E-state index in [1.165, 1.54) is 0 Å². The quantitative estimate of drug-likeness (QED) is 0.581. The van der Waals surface area contributed by atoms with Crippen LogP contribution in [0.25, 0.3) is 0 Å². The Balaban J connectivity index is 1.65. The molecule has 0 saturated heterocycles. The van der Waals surface area contributed by atoms with Crippen LogP contribution in [0.15, 0.2) is 0 Å². The van der Waals surface area contributed by atoms with Crippen LogP contribution in [0.3, 0.4) is 0 Å². The summed E-state index contributed by atoms with van der Waals surface area (Å²) in [5, 5.41) is 0. The molecule has 0 heterocycles. The molecule has 0 N–H and O–H groups in total. The first-order valence-corrected chi connectivity index (χ1v) is 9.07. The van der Waals surface area contributed by atoms with Crippen molar-refractivity contribution in [2.75, 3.05) is 0 Å². The zero-order valence-electron chi connectivity index (χ0n) is 13.4. The summed E-state index contributed by atoms with van der Waals surface area (Å²) in [7, 11) is 0. The molecule has 128 valence electrons. The second-order valence-electron chi connectivity index (χ2n) is 7.90. The summed E-state index contributed by atoms with van der Waals surface area (Å²) >= 11 is 0. The lowest BCUT2D eigenvalue weighted by Crippen LogP contribution is -2.46. The highest BCUT2D eigenvalue weighted by atomic mass is 19.2. The zero-order valence-corrected chi connectivity index (χ0v) is 13.4. The Bertz CT molecular complexity index is 362. The first-order chi connectivity index (χ1) is 10.5. The van der Waals surface area contributed by atoms with Gasteiger partial charge in [0, 0.05) is 0 Å². The predicted octanol–water partition coefficient (Wildman–Crippen LogP) is 5.60. The van der Waals surface area contributed by atoms with Gasteiger partial charge in [-0.2, -0.15) is 0 Å². The van der Waals surface area contributed by atoms with Gasteiger partial charge in [-0.3, -0.25) is 0 Å². The lowest BCUT2D eigenvalue weighted by atomic mass is 9.60. The van der Waals surface area contributed by atoms with Crippen LogP contribution < -0.4 is 0 Å². The van der Waals surface area contributed by atoms with Crippen molar-refractivity contribution in [2.45, 2.75) is 83.0 Å². The van der Waals surface area contributed by atoms with Gasteiger partial charge in [0.05, 0.1) is 0 Å². The first kappa shape index (κ1) is 16.6. The van der Waals surface area contributed by atoms with Gasteiger partial charge in [-0.25, -0.2) is 17.6 Å². The van der Waals surface area contributed by atoms with E-state index in [1.807, 2.05) is 0 Å². The molecule has 3 saturated carbocycles. The minimum atomic E-state index is -2.01. The van der Waals surface area contributed by atoms with Crippen molar-refractivity contribution >= 4 is 0 Å². The van der Waals surface area contributed by atoms with Crippen LogP contribution in [0, 0.1) is 29.6 Å². The molecule has 0 aromatic carbocycles. The Morgan fingerprint density at radius 1 is 0.682 bits per heavy atom. The molecule has 7 atom stereocenters. The molecule has 7 unspecified atom stereocenters. The zero-order chi connectivity index (χ0) is 15.9. The third kappa shape index (κ3) is 3.03. The Hall–Kier alpha value is -0.280. The number of alkyl halides is 4. The molecule has 0 aliphatic heterocycles. The smallest absolute Gasteiger partial charge is 0.162 e. The third-order valence-corrected chi connectivity index (χ3v) is 6.77. The van der Waals surface area contributed by atoms with Crippen LogP contribution in [0.1, 0.15) is 58.3 Å². The van der Waals surface area contributed by atoms with Crippen LogP contribution >= 0.6 is 0 Å². The number of fused-ring (bicyclic) bond motifs is 1. The Morgan fingerprint density at radius 2 is 1.27 bits per heavy atom. The summed E-state index contributed by atoms with van der Waals surface area (Å²) in [5.74, 6) is 0.656. The van der Waals surface area contributed by atoms with E-state index in [4.69, 9.17) is 0 Å². The average Bonchev–Trinajstić information content (AvgIpc) is 2.52. The van der Waals surface area contributed by atoms with Gasteiger partial charge in [0.15, 0.2) is 6.17 Å². The van der Waals surface area contributed by atoms with E-state index >= 15 is 4.39 Å². The standard InChI is InChI=1S/C18H28F4/c1-2-10-3-5-13-11(7-10)4-6-14(17(13)21)12-8-15(19)18(22)16(20)9-12/h10-18H,2-9H2,1H3. The number of hydrogen-bond acceptors (Lipinski definition) is 0. The summed E-state index contributed by atoms with van der Waals surface area (Å²) in [4.78, 5) is 0. The maximum absolute atomic E-state index is 15.0. The monoisotopic (exact) mass is 320 g/mol. The fourth-order valence-electron chi connectivity index (χ4n) is 5.40. The van der Waals surface area contributed by atoms with E-state index < -0.39 is 24.7 Å². The molecule has 0 aromatic heterocycles. The van der Waals surface area contributed by atoms with Gasteiger partial charge in [-0.1, -0.05) is 19.8 Å². The van der Waals surface area contributed by atoms with Crippen molar-refractivity contribution in [3.63, 3.8) is 0 Å². The second kappa shape index (κ2) is 6.68. The highest BCUT2D eigenvalue weighted by Gasteiger charge is 2.48. The molecule has 0 radical (unpaired) electrons. The molecular weight excluding hydrogens is 292 g/mol. The molecule has 3 fully saturated rings. The summed E-state index contributed by atoms with van der Waals surface area (Å²) in [6, 6.07) is 0. The summed E-state index contributed by atoms with van der Waals surface area (Å²) in [5.41, 5.74) is 0. The summed E-state index contributed by atoms with van der Waals surface area (Å²) in [6.07, 6.45) is -0.484. The lowest BCUT2D eigenvalue weighted by molar-refractivity contribution is -0.0536. The van der Waals surface area contributed by atoms with E-state index in [-0.39, 0.29) is 30.6 Å². The number of rotatable bonds is 2. The molecule has 0 spiro atoms. The topological polar surface area (TPSA) is 0 Å². The van der Waals surface area contributed by atoms with Gasteiger partial charge < -0.3 is 0 Å². The van der Waals surface area contributed by atoms with E-state index in [1.54, 1.807) is 0 Å². The van der Waals surface area contributed by atoms with Crippen molar-refractivity contribution in [2.24, 2.45) is 29.6 Å². The van der Waals surface area contributed by atoms with Crippen LogP contribution in [0.4, 0.5) is 17.6 Å². The Morgan fingerprint density at radius 3 is 1.91 bits per heavy atom. The molecular formula is C18H28F4. The van der Waals surface area contributed by atoms with Crippen molar-refractivity contribution in [3.05, 3.63) is 0 Å². The fraction of sp³-hybridized carbons (Fsp3) is 1.00. The molecule has 0 bridgehead atoms. The molecule has 3 aliphatic rings. The highest BCUT2D eigenvalue weighted by molar-refractivity contribution is 4.97. The van der Waals surface area contributed by atoms with Gasteiger partial charge in [0.1, 0.15) is 18.5 Å².